The van der Waals surface area contributed by atoms with Gasteiger partial charge in [-0.1, -0.05) is 25.1 Å². The van der Waals surface area contributed by atoms with Gasteiger partial charge >= 0.3 is 0 Å². The summed E-state index contributed by atoms with van der Waals surface area (Å²) in [5.74, 6) is 0. The molecule has 0 fully saturated rings. The van der Waals surface area contributed by atoms with Crippen LogP contribution in [0.1, 0.15) is 37.0 Å². The molecule has 1 nitrogen and oxygen atoms in total. The second-order valence-electron chi connectivity index (χ2n) is 4.42. The Morgan fingerprint density at radius 3 is 2.53 bits per heavy atom. The summed E-state index contributed by atoms with van der Waals surface area (Å²) in [6.45, 7) is 9.83. The van der Waals surface area contributed by atoms with E-state index in [9.17, 15) is 0 Å². The zero-order valence-electron chi connectivity index (χ0n) is 10.4. The van der Waals surface area contributed by atoms with Crippen LogP contribution in [-0.2, 0) is 6.42 Å². The van der Waals surface area contributed by atoms with Crippen molar-refractivity contribution in [3.63, 3.8) is 0 Å². The number of hydrogen-bond donors (Lipinski definition) is 1. The van der Waals surface area contributed by atoms with Crippen molar-refractivity contribution in [2.45, 2.75) is 46.6 Å². The van der Waals surface area contributed by atoms with Gasteiger partial charge in [0.15, 0.2) is 0 Å². The summed E-state index contributed by atoms with van der Waals surface area (Å²) in [6, 6.07) is 7.41. The second-order valence-corrected chi connectivity index (χ2v) is 4.42. The third-order valence-electron chi connectivity index (χ3n) is 2.99. The normalized spacial score (nSPS) is 12.8. The van der Waals surface area contributed by atoms with Crippen molar-refractivity contribution in [1.29, 1.82) is 0 Å². The van der Waals surface area contributed by atoms with Gasteiger partial charge in [0.25, 0.3) is 0 Å². The lowest BCUT2D eigenvalue weighted by molar-refractivity contribution is 0.530. The highest BCUT2D eigenvalue weighted by atomic mass is 14.9. The molecule has 0 aliphatic carbocycles. The minimum atomic E-state index is 0.622. The van der Waals surface area contributed by atoms with E-state index >= 15 is 0 Å². The summed E-state index contributed by atoms with van der Waals surface area (Å²) in [4.78, 5) is 0. The van der Waals surface area contributed by atoms with Crippen molar-refractivity contribution in [2.24, 2.45) is 0 Å². The van der Waals surface area contributed by atoms with Crippen LogP contribution < -0.4 is 5.32 Å². The minimum absolute atomic E-state index is 0.622. The van der Waals surface area contributed by atoms with E-state index in [4.69, 9.17) is 0 Å². The van der Waals surface area contributed by atoms with Crippen LogP contribution in [0.2, 0.25) is 0 Å². The number of benzene rings is 1. The van der Waals surface area contributed by atoms with E-state index < -0.39 is 0 Å². The lowest BCUT2D eigenvalue weighted by Crippen LogP contribution is -2.25. The summed E-state index contributed by atoms with van der Waals surface area (Å²) in [5, 5.41) is 3.44. The van der Waals surface area contributed by atoms with Crippen LogP contribution in [0.25, 0.3) is 0 Å². The minimum Gasteiger partial charge on any atom is -0.315 e. The Labute approximate surface area is 93.9 Å². The highest BCUT2D eigenvalue weighted by Gasteiger charge is 2.01. The molecule has 1 N–H and O–H groups in total. The molecule has 0 saturated carbocycles. The van der Waals surface area contributed by atoms with Gasteiger partial charge in [-0.2, -0.15) is 0 Å². The van der Waals surface area contributed by atoms with Gasteiger partial charge in [-0.3, -0.25) is 0 Å². The van der Waals surface area contributed by atoms with Crippen LogP contribution in [0.4, 0.5) is 0 Å². The van der Waals surface area contributed by atoms with E-state index in [0.29, 0.717) is 6.04 Å². The number of aryl methyl sites for hydroxylation is 3. The van der Waals surface area contributed by atoms with Crippen molar-refractivity contribution in [3.05, 3.63) is 34.9 Å². The van der Waals surface area contributed by atoms with Gasteiger partial charge in [-0.25, -0.2) is 0 Å². The molecule has 15 heavy (non-hydrogen) atoms. The molecule has 1 atom stereocenters. The van der Waals surface area contributed by atoms with Crippen molar-refractivity contribution < 1.29 is 0 Å². The van der Waals surface area contributed by atoms with Gasteiger partial charge in [-0.15, -0.1) is 0 Å². The van der Waals surface area contributed by atoms with Crippen LogP contribution in [0, 0.1) is 13.8 Å². The Balaban J connectivity index is 2.47. The fourth-order valence-electron chi connectivity index (χ4n) is 1.79. The molecule has 0 heterocycles. The van der Waals surface area contributed by atoms with Crippen LogP contribution in [0.5, 0.6) is 0 Å². The first-order chi connectivity index (χ1) is 7.13. The Morgan fingerprint density at radius 1 is 1.20 bits per heavy atom. The van der Waals surface area contributed by atoms with E-state index in [2.05, 4.69) is 51.2 Å². The van der Waals surface area contributed by atoms with Crippen molar-refractivity contribution in [1.82, 2.24) is 5.32 Å². The lowest BCUT2D eigenvalue weighted by atomic mass is 10.0. The van der Waals surface area contributed by atoms with Crippen molar-refractivity contribution in [2.75, 3.05) is 6.54 Å². The maximum atomic E-state index is 3.44. The maximum absolute atomic E-state index is 3.44. The fourth-order valence-corrected chi connectivity index (χ4v) is 1.79. The monoisotopic (exact) mass is 205 g/mol. The lowest BCUT2D eigenvalue weighted by Gasteiger charge is -2.12. The molecular weight excluding hydrogens is 182 g/mol. The van der Waals surface area contributed by atoms with Crippen LogP contribution in [-0.4, -0.2) is 12.6 Å². The topological polar surface area (TPSA) is 12.0 Å². The molecule has 1 unspecified atom stereocenters. The van der Waals surface area contributed by atoms with E-state index in [1.807, 2.05) is 0 Å². The predicted octanol–water partition coefficient (Wildman–Crippen LogP) is 3.23. The highest BCUT2D eigenvalue weighted by Crippen LogP contribution is 2.12. The smallest absolute Gasteiger partial charge is 0.00417 e. The molecule has 0 bridgehead atoms. The second kappa shape index (κ2) is 5.92. The van der Waals surface area contributed by atoms with Crippen LogP contribution in [0.15, 0.2) is 18.2 Å². The largest absolute Gasteiger partial charge is 0.315 e. The van der Waals surface area contributed by atoms with Gasteiger partial charge in [0.1, 0.15) is 0 Å². The zero-order chi connectivity index (χ0) is 11.3. The quantitative estimate of drug-likeness (QED) is 0.778. The molecule has 0 aliphatic rings. The van der Waals surface area contributed by atoms with E-state index in [0.717, 1.165) is 6.54 Å². The molecule has 84 valence electrons. The first-order valence-corrected chi connectivity index (χ1v) is 5.93. The standard InChI is InChI=1S/C14H23N/c1-5-15-13(4)7-9-14-8-6-11(2)12(3)10-14/h6,8,10,13,15H,5,7,9H2,1-4H3. The summed E-state index contributed by atoms with van der Waals surface area (Å²) >= 11 is 0. The molecule has 0 saturated heterocycles. The molecule has 0 radical (unpaired) electrons. The van der Waals surface area contributed by atoms with Gasteiger partial charge in [0.05, 0.1) is 0 Å². The SMILES string of the molecule is CCNC(C)CCc1ccc(C)c(C)c1. The summed E-state index contributed by atoms with van der Waals surface area (Å²) in [7, 11) is 0. The Morgan fingerprint density at radius 2 is 1.93 bits per heavy atom. The van der Waals surface area contributed by atoms with Gasteiger partial charge in [0, 0.05) is 6.04 Å². The Bertz CT molecular complexity index is 304. The summed E-state index contributed by atoms with van der Waals surface area (Å²) in [5.41, 5.74) is 4.25. The first-order valence-electron chi connectivity index (χ1n) is 5.93. The third-order valence-corrected chi connectivity index (χ3v) is 2.99. The predicted molar refractivity (Wildman–Crippen MR) is 67.4 cm³/mol. The van der Waals surface area contributed by atoms with Crippen molar-refractivity contribution >= 4 is 0 Å². The summed E-state index contributed by atoms with van der Waals surface area (Å²) in [6.07, 6.45) is 2.39. The average Bonchev–Trinajstić information content (AvgIpc) is 2.20. The number of rotatable bonds is 5. The number of nitrogens with one attached hydrogen (secondary N) is 1. The molecule has 1 rings (SSSR count). The molecule has 0 aromatic heterocycles. The van der Waals surface area contributed by atoms with Crippen molar-refractivity contribution in [3.8, 4) is 0 Å². The van der Waals surface area contributed by atoms with Crippen LogP contribution in [0.3, 0.4) is 0 Å². The fraction of sp³-hybridized carbons (Fsp3) is 0.571. The maximum Gasteiger partial charge on any atom is 0.00417 e. The van der Waals surface area contributed by atoms with E-state index in [1.165, 1.54) is 29.5 Å². The average molecular weight is 205 g/mol. The molecule has 1 aromatic rings. The molecule has 0 spiro atoms. The van der Waals surface area contributed by atoms with E-state index in [-0.39, 0.29) is 0 Å². The molecule has 1 heteroatoms. The van der Waals surface area contributed by atoms with Crippen LogP contribution >= 0.6 is 0 Å². The van der Waals surface area contributed by atoms with E-state index in [1.54, 1.807) is 0 Å². The number of hydrogen-bond acceptors (Lipinski definition) is 1. The van der Waals surface area contributed by atoms with Gasteiger partial charge in [0.2, 0.25) is 0 Å². The van der Waals surface area contributed by atoms with Gasteiger partial charge in [-0.05, 0) is 56.8 Å². The Hall–Kier alpha value is -0.820. The third kappa shape index (κ3) is 4.05. The van der Waals surface area contributed by atoms with Gasteiger partial charge < -0.3 is 5.32 Å². The highest BCUT2D eigenvalue weighted by molar-refractivity contribution is 5.29. The zero-order valence-corrected chi connectivity index (χ0v) is 10.4. The summed E-state index contributed by atoms with van der Waals surface area (Å²) < 4.78 is 0. The molecule has 1 aromatic carbocycles. The Kier molecular flexibility index (Phi) is 4.83. The molecular formula is C14H23N. The first kappa shape index (κ1) is 12.3. The molecule has 0 amide bonds. The molecule has 0 aliphatic heterocycles.